The lowest BCUT2D eigenvalue weighted by molar-refractivity contribution is -0.130. The molecule has 0 aromatic heterocycles. The third-order valence-corrected chi connectivity index (χ3v) is 3.49. The van der Waals surface area contributed by atoms with Crippen LogP contribution >= 0.6 is 0 Å². The van der Waals surface area contributed by atoms with E-state index in [2.05, 4.69) is 19.1 Å². The molecule has 1 amide bonds. The number of hydrogen-bond donors (Lipinski definition) is 1. The first-order chi connectivity index (χ1) is 9.04. The second-order valence-electron chi connectivity index (χ2n) is 5.17. The Bertz CT molecular complexity index is 376. The normalized spacial score (nSPS) is 13.9. The average molecular weight is 263 g/mol. The van der Waals surface area contributed by atoms with E-state index in [9.17, 15) is 9.90 Å². The fraction of sp³-hybridized carbons (Fsp3) is 0.562. The monoisotopic (exact) mass is 263 g/mol. The highest BCUT2D eigenvalue weighted by Crippen LogP contribution is 2.23. The van der Waals surface area contributed by atoms with Gasteiger partial charge in [0.15, 0.2) is 0 Å². The van der Waals surface area contributed by atoms with Crippen molar-refractivity contribution in [3.05, 3.63) is 35.9 Å². The summed E-state index contributed by atoms with van der Waals surface area (Å²) in [5, 5.41) is 9.25. The summed E-state index contributed by atoms with van der Waals surface area (Å²) in [6.45, 7) is 4.47. The predicted molar refractivity (Wildman–Crippen MR) is 78.0 cm³/mol. The maximum absolute atomic E-state index is 12.1. The molecule has 0 saturated heterocycles. The molecule has 0 fully saturated rings. The Hall–Kier alpha value is -1.35. The van der Waals surface area contributed by atoms with Crippen molar-refractivity contribution >= 4 is 5.91 Å². The number of hydrogen-bond acceptors (Lipinski definition) is 2. The summed E-state index contributed by atoms with van der Waals surface area (Å²) in [6.07, 6.45) is 1.77. The number of amides is 1. The van der Waals surface area contributed by atoms with Crippen molar-refractivity contribution < 1.29 is 9.90 Å². The zero-order chi connectivity index (χ0) is 14.3. The molecule has 1 aromatic rings. The number of nitrogens with zero attached hydrogens (tertiary/aromatic N) is 1. The standard InChI is InChI=1S/C16H25NO2/c1-4-14(15-8-6-5-7-9-15)12-16(19)17(3)11-10-13(2)18/h5-9,13-14,18H,4,10-12H2,1-3H3. The van der Waals surface area contributed by atoms with Crippen molar-refractivity contribution in [2.45, 2.75) is 45.1 Å². The molecule has 0 aliphatic carbocycles. The van der Waals surface area contributed by atoms with Crippen molar-refractivity contribution in [2.24, 2.45) is 0 Å². The predicted octanol–water partition coefficient (Wildman–Crippen LogP) is 2.80. The maximum Gasteiger partial charge on any atom is 0.222 e. The van der Waals surface area contributed by atoms with Gasteiger partial charge in [0, 0.05) is 20.0 Å². The van der Waals surface area contributed by atoms with Gasteiger partial charge < -0.3 is 10.0 Å². The van der Waals surface area contributed by atoms with Crippen LogP contribution in [0.4, 0.5) is 0 Å². The third-order valence-electron chi connectivity index (χ3n) is 3.49. The van der Waals surface area contributed by atoms with Crippen LogP contribution in [0.2, 0.25) is 0 Å². The van der Waals surface area contributed by atoms with E-state index in [4.69, 9.17) is 0 Å². The summed E-state index contributed by atoms with van der Waals surface area (Å²) >= 11 is 0. The van der Waals surface area contributed by atoms with Gasteiger partial charge in [-0.2, -0.15) is 0 Å². The first-order valence-corrected chi connectivity index (χ1v) is 7.01. The Labute approximate surface area is 116 Å². The van der Waals surface area contributed by atoms with Gasteiger partial charge >= 0.3 is 0 Å². The van der Waals surface area contributed by atoms with Gasteiger partial charge in [0.05, 0.1) is 6.10 Å². The fourth-order valence-corrected chi connectivity index (χ4v) is 2.09. The van der Waals surface area contributed by atoms with Crippen molar-refractivity contribution in [3.63, 3.8) is 0 Å². The number of aliphatic hydroxyl groups is 1. The van der Waals surface area contributed by atoms with Crippen LogP contribution in [0.5, 0.6) is 0 Å². The summed E-state index contributed by atoms with van der Waals surface area (Å²) in [4.78, 5) is 13.9. The summed E-state index contributed by atoms with van der Waals surface area (Å²) < 4.78 is 0. The van der Waals surface area contributed by atoms with E-state index in [0.29, 0.717) is 19.4 Å². The molecule has 0 aliphatic heterocycles. The highest BCUT2D eigenvalue weighted by Gasteiger charge is 2.17. The number of carbonyl (C=O) groups is 1. The van der Waals surface area contributed by atoms with E-state index in [0.717, 1.165) is 6.42 Å². The van der Waals surface area contributed by atoms with Gasteiger partial charge in [0.25, 0.3) is 0 Å². The molecule has 0 heterocycles. The SMILES string of the molecule is CCC(CC(=O)N(C)CCC(C)O)c1ccccc1. The number of carbonyl (C=O) groups excluding carboxylic acids is 1. The third kappa shape index (κ3) is 5.43. The van der Waals surface area contributed by atoms with Gasteiger partial charge in [-0.1, -0.05) is 37.3 Å². The summed E-state index contributed by atoms with van der Waals surface area (Å²) in [5.41, 5.74) is 1.22. The molecule has 0 bridgehead atoms. The average Bonchev–Trinajstić information content (AvgIpc) is 2.42. The van der Waals surface area contributed by atoms with E-state index in [1.54, 1.807) is 11.8 Å². The van der Waals surface area contributed by atoms with E-state index in [1.807, 2.05) is 25.2 Å². The molecule has 0 saturated carbocycles. The van der Waals surface area contributed by atoms with Crippen molar-refractivity contribution in [1.29, 1.82) is 0 Å². The lowest BCUT2D eigenvalue weighted by atomic mass is 9.93. The minimum atomic E-state index is -0.355. The number of rotatable bonds is 7. The minimum absolute atomic E-state index is 0.149. The van der Waals surface area contributed by atoms with E-state index in [1.165, 1.54) is 5.56 Å². The van der Waals surface area contributed by atoms with Crippen molar-refractivity contribution in [1.82, 2.24) is 4.90 Å². The number of benzene rings is 1. The lowest BCUT2D eigenvalue weighted by Crippen LogP contribution is -2.30. The molecule has 3 nitrogen and oxygen atoms in total. The first kappa shape index (κ1) is 15.7. The Balaban J connectivity index is 2.54. The van der Waals surface area contributed by atoms with E-state index in [-0.39, 0.29) is 17.9 Å². The summed E-state index contributed by atoms with van der Waals surface area (Å²) in [6, 6.07) is 10.2. The van der Waals surface area contributed by atoms with Crippen LogP contribution in [0, 0.1) is 0 Å². The Morgan fingerprint density at radius 2 is 1.95 bits per heavy atom. The van der Waals surface area contributed by atoms with Crippen LogP contribution in [-0.2, 0) is 4.79 Å². The van der Waals surface area contributed by atoms with Gasteiger partial charge in [-0.25, -0.2) is 0 Å². The molecule has 0 aliphatic rings. The molecule has 1 N–H and O–H groups in total. The minimum Gasteiger partial charge on any atom is -0.393 e. The second-order valence-corrected chi connectivity index (χ2v) is 5.17. The smallest absolute Gasteiger partial charge is 0.222 e. The maximum atomic E-state index is 12.1. The largest absolute Gasteiger partial charge is 0.393 e. The van der Waals surface area contributed by atoms with Gasteiger partial charge in [-0.3, -0.25) is 4.79 Å². The highest BCUT2D eigenvalue weighted by molar-refractivity contribution is 5.76. The molecular weight excluding hydrogens is 238 g/mol. The number of aliphatic hydroxyl groups excluding tert-OH is 1. The van der Waals surface area contributed by atoms with Crippen LogP contribution in [0.25, 0.3) is 0 Å². The lowest BCUT2D eigenvalue weighted by Gasteiger charge is -2.21. The molecule has 106 valence electrons. The van der Waals surface area contributed by atoms with Gasteiger partial charge in [-0.15, -0.1) is 0 Å². The van der Waals surface area contributed by atoms with Crippen LogP contribution < -0.4 is 0 Å². The quantitative estimate of drug-likeness (QED) is 0.821. The van der Waals surface area contributed by atoms with Gasteiger partial charge in [0.2, 0.25) is 5.91 Å². The molecule has 1 aromatic carbocycles. The van der Waals surface area contributed by atoms with Crippen LogP contribution in [0.15, 0.2) is 30.3 Å². The summed E-state index contributed by atoms with van der Waals surface area (Å²) in [7, 11) is 1.81. The first-order valence-electron chi connectivity index (χ1n) is 7.01. The van der Waals surface area contributed by atoms with E-state index < -0.39 is 0 Å². The molecule has 19 heavy (non-hydrogen) atoms. The molecule has 2 atom stereocenters. The summed E-state index contributed by atoms with van der Waals surface area (Å²) in [5.74, 6) is 0.430. The van der Waals surface area contributed by atoms with Crippen molar-refractivity contribution in [2.75, 3.05) is 13.6 Å². The van der Waals surface area contributed by atoms with E-state index >= 15 is 0 Å². The Morgan fingerprint density at radius 3 is 2.47 bits per heavy atom. The zero-order valence-corrected chi connectivity index (χ0v) is 12.2. The molecule has 0 spiro atoms. The molecule has 2 unspecified atom stereocenters. The molecular formula is C16H25NO2. The second kappa shape index (κ2) is 7.95. The molecule has 3 heteroatoms. The topological polar surface area (TPSA) is 40.5 Å². The van der Waals surface area contributed by atoms with Gasteiger partial charge in [0.1, 0.15) is 0 Å². The van der Waals surface area contributed by atoms with Crippen LogP contribution in [0.3, 0.4) is 0 Å². The van der Waals surface area contributed by atoms with Gasteiger partial charge in [-0.05, 0) is 31.2 Å². The Kier molecular flexibility index (Phi) is 6.57. The van der Waals surface area contributed by atoms with Crippen molar-refractivity contribution in [3.8, 4) is 0 Å². The Morgan fingerprint density at radius 1 is 1.32 bits per heavy atom. The highest BCUT2D eigenvalue weighted by atomic mass is 16.3. The fourth-order valence-electron chi connectivity index (χ4n) is 2.09. The van der Waals surface area contributed by atoms with Crippen LogP contribution in [0.1, 0.15) is 44.6 Å². The zero-order valence-electron chi connectivity index (χ0n) is 12.2. The molecule has 0 radical (unpaired) electrons. The van der Waals surface area contributed by atoms with Crippen LogP contribution in [-0.4, -0.2) is 35.6 Å². The molecule has 1 rings (SSSR count).